The minimum Gasteiger partial charge on any atom is -0.474 e. The molecule has 0 bridgehead atoms. The van der Waals surface area contributed by atoms with Crippen LogP contribution in [0.4, 0.5) is 0 Å². The Labute approximate surface area is 104 Å². The fourth-order valence-electron chi connectivity index (χ4n) is 1.68. The van der Waals surface area contributed by atoms with Gasteiger partial charge in [-0.25, -0.2) is 4.98 Å². The molecule has 4 nitrogen and oxygen atoms in total. The quantitative estimate of drug-likeness (QED) is 0.822. The van der Waals surface area contributed by atoms with Gasteiger partial charge in [-0.2, -0.15) is 0 Å². The predicted octanol–water partition coefficient (Wildman–Crippen LogP) is 2.05. The Kier molecular flexibility index (Phi) is 5.35. The standard InChI is InChI=1S/C13H23N3O/c1-9(2)12(14-5)6-11-7-15-8-13(16-11)17-10(3)4/h7-10,12,14H,6H2,1-5H3. The van der Waals surface area contributed by atoms with E-state index in [9.17, 15) is 0 Å². The molecule has 0 saturated heterocycles. The van der Waals surface area contributed by atoms with Crippen LogP contribution in [-0.2, 0) is 6.42 Å². The third-order valence-corrected chi connectivity index (χ3v) is 2.62. The number of nitrogens with zero attached hydrogens (tertiary/aromatic N) is 2. The molecule has 1 aromatic rings. The Morgan fingerprint density at radius 3 is 2.47 bits per heavy atom. The van der Waals surface area contributed by atoms with Gasteiger partial charge in [0.1, 0.15) is 0 Å². The van der Waals surface area contributed by atoms with Gasteiger partial charge in [-0.05, 0) is 26.8 Å². The van der Waals surface area contributed by atoms with Gasteiger partial charge in [0.15, 0.2) is 0 Å². The molecular weight excluding hydrogens is 214 g/mol. The number of rotatable bonds is 6. The van der Waals surface area contributed by atoms with E-state index >= 15 is 0 Å². The number of hydrogen-bond acceptors (Lipinski definition) is 4. The van der Waals surface area contributed by atoms with Crippen molar-refractivity contribution in [2.24, 2.45) is 5.92 Å². The van der Waals surface area contributed by atoms with E-state index < -0.39 is 0 Å². The fourth-order valence-corrected chi connectivity index (χ4v) is 1.68. The van der Waals surface area contributed by atoms with E-state index in [0.29, 0.717) is 17.8 Å². The molecule has 0 aliphatic heterocycles. The van der Waals surface area contributed by atoms with E-state index in [1.54, 1.807) is 12.4 Å². The zero-order valence-corrected chi connectivity index (χ0v) is 11.4. The number of aromatic nitrogens is 2. The maximum Gasteiger partial charge on any atom is 0.232 e. The lowest BCUT2D eigenvalue weighted by Gasteiger charge is -2.19. The minimum atomic E-state index is 0.129. The van der Waals surface area contributed by atoms with Crippen LogP contribution in [0.25, 0.3) is 0 Å². The first-order valence-corrected chi connectivity index (χ1v) is 6.17. The molecule has 0 fully saturated rings. The van der Waals surface area contributed by atoms with Crippen molar-refractivity contribution in [3.63, 3.8) is 0 Å². The molecule has 0 saturated carbocycles. The number of ether oxygens (including phenoxy) is 1. The van der Waals surface area contributed by atoms with Gasteiger partial charge in [0.05, 0.1) is 18.0 Å². The van der Waals surface area contributed by atoms with Gasteiger partial charge in [-0.1, -0.05) is 13.8 Å². The van der Waals surface area contributed by atoms with Crippen LogP contribution in [0.3, 0.4) is 0 Å². The first kappa shape index (κ1) is 13.9. The number of hydrogen-bond donors (Lipinski definition) is 1. The highest BCUT2D eigenvalue weighted by atomic mass is 16.5. The van der Waals surface area contributed by atoms with Crippen LogP contribution in [0, 0.1) is 5.92 Å². The Bertz CT molecular complexity index is 339. The van der Waals surface area contributed by atoms with Crippen LogP contribution in [0.1, 0.15) is 33.4 Å². The molecule has 0 radical (unpaired) electrons. The molecule has 1 unspecified atom stereocenters. The Hall–Kier alpha value is -1.16. The largest absolute Gasteiger partial charge is 0.474 e. The van der Waals surface area contributed by atoms with Crippen molar-refractivity contribution in [1.82, 2.24) is 15.3 Å². The molecule has 0 aliphatic carbocycles. The zero-order chi connectivity index (χ0) is 12.8. The molecule has 0 aliphatic rings. The number of likely N-dealkylation sites (N-methyl/N-ethyl adjacent to an activating group) is 1. The second-order valence-electron chi connectivity index (χ2n) is 4.86. The van der Waals surface area contributed by atoms with Gasteiger partial charge < -0.3 is 10.1 Å². The molecule has 0 aromatic carbocycles. The Morgan fingerprint density at radius 2 is 1.94 bits per heavy atom. The van der Waals surface area contributed by atoms with Crippen LogP contribution in [0.15, 0.2) is 12.4 Å². The van der Waals surface area contributed by atoms with Crippen molar-refractivity contribution in [3.05, 3.63) is 18.1 Å². The van der Waals surface area contributed by atoms with Crippen LogP contribution in [0.2, 0.25) is 0 Å². The minimum absolute atomic E-state index is 0.129. The molecule has 1 aromatic heterocycles. The highest BCUT2D eigenvalue weighted by molar-refractivity contribution is 5.09. The van der Waals surface area contributed by atoms with Crippen LogP contribution >= 0.6 is 0 Å². The second kappa shape index (κ2) is 6.55. The summed E-state index contributed by atoms with van der Waals surface area (Å²) in [6.45, 7) is 8.36. The average molecular weight is 237 g/mol. The third kappa shape index (κ3) is 4.69. The second-order valence-corrected chi connectivity index (χ2v) is 4.86. The summed E-state index contributed by atoms with van der Waals surface area (Å²) in [6, 6.07) is 0.415. The SMILES string of the molecule is CNC(Cc1cncc(OC(C)C)n1)C(C)C. The topological polar surface area (TPSA) is 47.0 Å². The highest BCUT2D eigenvalue weighted by Crippen LogP contribution is 2.11. The third-order valence-electron chi connectivity index (χ3n) is 2.62. The lowest BCUT2D eigenvalue weighted by molar-refractivity contribution is 0.230. The van der Waals surface area contributed by atoms with Crippen LogP contribution in [0.5, 0.6) is 5.88 Å². The summed E-state index contributed by atoms with van der Waals surface area (Å²) >= 11 is 0. The van der Waals surface area contributed by atoms with Gasteiger partial charge in [-0.15, -0.1) is 0 Å². The van der Waals surface area contributed by atoms with Gasteiger partial charge in [0.2, 0.25) is 5.88 Å². The summed E-state index contributed by atoms with van der Waals surface area (Å²) in [5, 5.41) is 3.30. The molecule has 1 heterocycles. The highest BCUT2D eigenvalue weighted by Gasteiger charge is 2.13. The van der Waals surface area contributed by atoms with Crippen molar-refractivity contribution in [2.75, 3.05) is 7.05 Å². The molecule has 0 amide bonds. The maximum absolute atomic E-state index is 5.54. The normalized spacial score (nSPS) is 13.1. The predicted molar refractivity (Wildman–Crippen MR) is 69.2 cm³/mol. The van der Waals surface area contributed by atoms with Crippen LogP contribution < -0.4 is 10.1 Å². The smallest absolute Gasteiger partial charge is 0.232 e. The number of nitrogens with one attached hydrogen (secondary N) is 1. The lowest BCUT2D eigenvalue weighted by atomic mass is 10.00. The molecule has 1 atom stereocenters. The fraction of sp³-hybridized carbons (Fsp3) is 0.692. The monoisotopic (exact) mass is 237 g/mol. The molecule has 0 spiro atoms. The molecular formula is C13H23N3O. The van der Waals surface area contributed by atoms with Gasteiger partial charge >= 0.3 is 0 Å². The summed E-state index contributed by atoms with van der Waals surface area (Å²) in [6.07, 6.45) is 4.47. The Morgan fingerprint density at radius 1 is 1.24 bits per heavy atom. The summed E-state index contributed by atoms with van der Waals surface area (Å²) < 4.78 is 5.54. The van der Waals surface area contributed by atoms with E-state index in [1.165, 1.54) is 0 Å². The van der Waals surface area contributed by atoms with Crippen molar-refractivity contribution < 1.29 is 4.74 Å². The van der Waals surface area contributed by atoms with Crippen molar-refractivity contribution >= 4 is 0 Å². The summed E-state index contributed by atoms with van der Waals surface area (Å²) in [4.78, 5) is 8.63. The lowest BCUT2D eigenvalue weighted by Crippen LogP contribution is -2.33. The molecule has 17 heavy (non-hydrogen) atoms. The summed E-state index contributed by atoms with van der Waals surface area (Å²) in [7, 11) is 1.98. The van der Waals surface area contributed by atoms with Crippen LogP contribution in [-0.4, -0.2) is 29.2 Å². The van der Waals surface area contributed by atoms with E-state index in [1.807, 2.05) is 20.9 Å². The van der Waals surface area contributed by atoms with Gasteiger partial charge in [0.25, 0.3) is 0 Å². The van der Waals surface area contributed by atoms with Crippen molar-refractivity contribution in [3.8, 4) is 5.88 Å². The average Bonchev–Trinajstić information content (AvgIpc) is 2.25. The van der Waals surface area contributed by atoms with Gasteiger partial charge in [-0.3, -0.25) is 4.98 Å². The molecule has 1 rings (SSSR count). The van der Waals surface area contributed by atoms with Gasteiger partial charge in [0, 0.05) is 18.7 Å². The Balaban J connectivity index is 2.70. The first-order chi connectivity index (χ1) is 8.02. The van der Waals surface area contributed by atoms with Crippen molar-refractivity contribution in [2.45, 2.75) is 46.3 Å². The van der Waals surface area contributed by atoms with E-state index in [-0.39, 0.29) is 6.10 Å². The molecule has 96 valence electrons. The first-order valence-electron chi connectivity index (χ1n) is 6.17. The maximum atomic E-state index is 5.54. The summed E-state index contributed by atoms with van der Waals surface area (Å²) in [5.41, 5.74) is 0.969. The zero-order valence-electron chi connectivity index (χ0n) is 11.4. The molecule has 1 N–H and O–H groups in total. The van der Waals surface area contributed by atoms with Crippen molar-refractivity contribution in [1.29, 1.82) is 0 Å². The molecule has 4 heteroatoms. The summed E-state index contributed by atoms with van der Waals surface area (Å²) in [5.74, 6) is 1.17. The van der Waals surface area contributed by atoms with E-state index in [2.05, 4.69) is 29.1 Å². The van der Waals surface area contributed by atoms with E-state index in [4.69, 9.17) is 4.74 Å². The van der Waals surface area contributed by atoms with E-state index in [0.717, 1.165) is 12.1 Å².